The molecule has 2 heterocycles. The van der Waals surface area contributed by atoms with Crippen molar-refractivity contribution in [2.24, 2.45) is 0 Å². The number of ether oxygens (including phenoxy) is 1. The van der Waals surface area contributed by atoms with Gasteiger partial charge in [-0.2, -0.15) is 0 Å². The molecule has 3 rings (SSSR count). The SMILES string of the molecule is CCOc1ccc(CN2CCN(Cc3ccc(C)s3)C[C@@H]2CCO)cc1. The average Bonchev–Trinajstić information content (AvgIpc) is 3.04. The van der Waals surface area contributed by atoms with E-state index in [2.05, 4.69) is 53.1 Å². The van der Waals surface area contributed by atoms with Gasteiger partial charge < -0.3 is 9.84 Å². The van der Waals surface area contributed by atoms with Crippen LogP contribution in [-0.2, 0) is 13.1 Å². The van der Waals surface area contributed by atoms with Crippen LogP contribution in [0.3, 0.4) is 0 Å². The molecule has 1 aliphatic rings. The fraction of sp³-hybridized carbons (Fsp3) is 0.524. The van der Waals surface area contributed by atoms with Crippen molar-refractivity contribution in [1.29, 1.82) is 0 Å². The first-order valence-corrected chi connectivity index (χ1v) is 10.3. The molecule has 142 valence electrons. The minimum absolute atomic E-state index is 0.246. The van der Waals surface area contributed by atoms with Crippen LogP contribution in [-0.4, -0.2) is 53.8 Å². The smallest absolute Gasteiger partial charge is 0.119 e. The van der Waals surface area contributed by atoms with Crippen molar-refractivity contribution in [1.82, 2.24) is 9.80 Å². The number of hydrogen-bond acceptors (Lipinski definition) is 5. The molecule has 1 saturated heterocycles. The molecule has 0 spiro atoms. The van der Waals surface area contributed by atoms with E-state index in [1.807, 2.05) is 18.3 Å². The third kappa shape index (κ3) is 5.30. The normalized spacial score (nSPS) is 19.0. The monoisotopic (exact) mass is 374 g/mol. The highest BCUT2D eigenvalue weighted by atomic mass is 32.1. The van der Waals surface area contributed by atoms with Gasteiger partial charge in [0, 0.05) is 55.1 Å². The molecule has 0 saturated carbocycles. The second kappa shape index (κ2) is 9.51. The minimum atomic E-state index is 0.246. The Bertz CT molecular complexity index is 671. The van der Waals surface area contributed by atoms with Crippen LogP contribution in [0.25, 0.3) is 0 Å². The molecule has 1 fully saturated rings. The zero-order valence-electron chi connectivity index (χ0n) is 15.9. The number of benzene rings is 1. The van der Waals surface area contributed by atoms with Crippen LogP contribution >= 0.6 is 11.3 Å². The lowest BCUT2D eigenvalue weighted by molar-refractivity contribution is 0.0504. The van der Waals surface area contributed by atoms with Crippen LogP contribution in [0.15, 0.2) is 36.4 Å². The highest BCUT2D eigenvalue weighted by Crippen LogP contribution is 2.22. The van der Waals surface area contributed by atoms with Crippen molar-refractivity contribution < 1.29 is 9.84 Å². The summed E-state index contributed by atoms with van der Waals surface area (Å²) in [7, 11) is 0. The van der Waals surface area contributed by atoms with Gasteiger partial charge in [-0.15, -0.1) is 11.3 Å². The zero-order chi connectivity index (χ0) is 18.4. The van der Waals surface area contributed by atoms with Crippen molar-refractivity contribution >= 4 is 11.3 Å². The van der Waals surface area contributed by atoms with Gasteiger partial charge in [0.25, 0.3) is 0 Å². The number of aryl methyl sites for hydroxylation is 1. The highest BCUT2D eigenvalue weighted by molar-refractivity contribution is 7.11. The van der Waals surface area contributed by atoms with Gasteiger partial charge in [0.2, 0.25) is 0 Å². The van der Waals surface area contributed by atoms with Crippen molar-refractivity contribution in [3.63, 3.8) is 0 Å². The van der Waals surface area contributed by atoms with Crippen molar-refractivity contribution in [3.05, 3.63) is 51.7 Å². The van der Waals surface area contributed by atoms with Crippen LogP contribution in [0, 0.1) is 6.92 Å². The van der Waals surface area contributed by atoms with Crippen LogP contribution < -0.4 is 4.74 Å². The lowest BCUT2D eigenvalue weighted by Crippen LogP contribution is -2.52. The number of aliphatic hydroxyl groups excluding tert-OH is 1. The largest absolute Gasteiger partial charge is 0.494 e. The molecule has 0 aliphatic carbocycles. The molecule has 1 aromatic heterocycles. The van der Waals surface area contributed by atoms with E-state index in [0.717, 1.165) is 44.9 Å². The molecular weight excluding hydrogens is 344 g/mol. The Balaban J connectivity index is 1.59. The summed E-state index contributed by atoms with van der Waals surface area (Å²) >= 11 is 1.89. The Kier molecular flexibility index (Phi) is 7.08. The molecule has 4 nitrogen and oxygen atoms in total. The second-order valence-corrected chi connectivity index (χ2v) is 8.33. The summed E-state index contributed by atoms with van der Waals surface area (Å²) in [6, 6.07) is 13.3. The van der Waals surface area contributed by atoms with E-state index in [4.69, 9.17) is 4.74 Å². The Morgan fingerprint density at radius 2 is 1.92 bits per heavy atom. The number of nitrogens with zero attached hydrogens (tertiary/aromatic N) is 2. The average molecular weight is 375 g/mol. The topological polar surface area (TPSA) is 35.9 Å². The Morgan fingerprint density at radius 1 is 1.12 bits per heavy atom. The molecule has 0 amide bonds. The Labute approximate surface area is 161 Å². The lowest BCUT2D eigenvalue weighted by Gasteiger charge is -2.41. The molecule has 0 bridgehead atoms. The number of aliphatic hydroxyl groups is 1. The van der Waals surface area contributed by atoms with E-state index in [0.29, 0.717) is 12.6 Å². The summed E-state index contributed by atoms with van der Waals surface area (Å²) < 4.78 is 5.53. The summed E-state index contributed by atoms with van der Waals surface area (Å²) in [6.45, 7) is 10.2. The molecular formula is C21H30N2O2S. The van der Waals surface area contributed by atoms with E-state index >= 15 is 0 Å². The van der Waals surface area contributed by atoms with Gasteiger partial charge >= 0.3 is 0 Å². The van der Waals surface area contributed by atoms with E-state index in [1.54, 1.807) is 0 Å². The van der Waals surface area contributed by atoms with Gasteiger partial charge in [-0.25, -0.2) is 0 Å². The van der Waals surface area contributed by atoms with Gasteiger partial charge in [0.05, 0.1) is 6.61 Å². The Hall–Kier alpha value is -1.40. The summed E-state index contributed by atoms with van der Waals surface area (Å²) in [5.41, 5.74) is 1.30. The van der Waals surface area contributed by atoms with E-state index < -0.39 is 0 Å². The summed E-state index contributed by atoms with van der Waals surface area (Å²) in [5.74, 6) is 0.930. The first-order chi connectivity index (χ1) is 12.7. The standard InChI is InChI=1S/C21H30N2O2S/c1-3-25-20-7-5-18(6-8-20)14-23-12-11-22(15-19(23)10-13-24)16-21-9-4-17(2)26-21/h4-9,19,24H,3,10-16H2,1-2H3/t19-/m0/s1. The van der Waals surface area contributed by atoms with Crippen molar-refractivity contribution in [2.45, 2.75) is 39.4 Å². The van der Waals surface area contributed by atoms with Crippen molar-refractivity contribution in [3.8, 4) is 5.75 Å². The van der Waals surface area contributed by atoms with Gasteiger partial charge in [0.1, 0.15) is 5.75 Å². The molecule has 5 heteroatoms. The maximum absolute atomic E-state index is 9.52. The number of rotatable bonds is 8. The Morgan fingerprint density at radius 3 is 2.58 bits per heavy atom. The third-order valence-electron chi connectivity index (χ3n) is 4.95. The zero-order valence-corrected chi connectivity index (χ0v) is 16.7. The first kappa shape index (κ1) is 19.4. The molecule has 1 N–H and O–H groups in total. The molecule has 0 unspecified atom stereocenters. The van der Waals surface area contributed by atoms with Crippen LogP contribution in [0.4, 0.5) is 0 Å². The summed E-state index contributed by atoms with van der Waals surface area (Å²) in [5, 5.41) is 9.52. The number of thiophene rings is 1. The van der Waals surface area contributed by atoms with E-state index in [9.17, 15) is 5.11 Å². The molecule has 1 aliphatic heterocycles. The molecule has 0 radical (unpaired) electrons. The summed E-state index contributed by atoms with van der Waals surface area (Å²) in [6.07, 6.45) is 0.830. The molecule has 2 aromatic rings. The van der Waals surface area contributed by atoms with Crippen LogP contribution in [0.5, 0.6) is 5.75 Å². The summed E-state index contributed by atoms with van der Waals surface area (Å²) in [4.78, 5) is 7.86. The predicted molar refractivity (Wildman–Crippen MR) is 108 cm³/mol. The van der Waals surface area contributed by atoms with Gasteiger partial charge in [-0.05, 0) is 50.1 Å². The fourth-order valence-corrected chi connectivity index (χ4v) is 4.55. The first-order valence-electron chi connectivity index (χ1n) is 9.52. The van der Waals surface area contributed by atoms with Gasteiger partial charge in [0.15, 0.2) is 0 Å². The fourth-order valence-electron chi connectivity index (χ4n) is 3.61. The lowest BCUT2D eigenvalue weighted by atomic mass is 10.1. The van der Waals surface area contributed by atoms with E-state index in [-0.39, 0.29) is 6.61 Å². The number of hydrogen-bond donors (Lipinski definition) is 1. The van der Waals surface area contributed by atoms with Gasteiger partial charge in [-0.3, -0.25) is 9.80 Å². The van der Waals surface area contributed by atoms with Gasteiger partial charge in [-0.1, -0.05) is 12.1 Å². The minimum Gasteiger partial charge on any atom is -0.494 e. The quantitative estimate of drug-likeness (QED) is 0.767. The van der Waals surface area contributed by atoms with Crippen LogP contribution in [0.2, 0.25) is 0 Å². The number of piperazine rings is 1. The molecule has 26 heavy (non-hydrogen) atoms. The molecule has 1 aromatic carbocycles. The van der Waals surface area contributed by atoms with E-state index in [1.165, 1.54) is 15.3 Å². The highest BCUT2D eigenvalue weighted by Gasteiger charge is 2.26. The maximum Gasteiger partial charge on any atom is 0.119 e. The van der Waals surface area contributed by atoms with Crippen molar-refractivity contribution in [2.75, 3.05) is 32.8 Å². The predicted octanol–water partition coefficient (Wildman–Crippen LogP) is 3.52. The molecule has 1 atom stereocenters. The third-order valence-corrected chi connectivity index (χ3v) is 5.93. The second-order valence-electron chi connectivity index (χ2n) is 6.96. The maximum atomic E-state index is 9.52. The van der Waals surface area contributed by atoms with Crippen LogP contribution in [0.1, 0.15) is 28.7 Å².